The molecule has 6 nitrogen and oxygen atoms in total. The molecule has 0 bridgehead atoms. The molecule has 1 aliphatic rings. The molecular formula is C22H24N2O4. The highest BCUT2D eigenvalue weighted by Crippen LogP contribution is 2.32. The number of amides is 2. The normalized spacial score (nSPS) is 13.8. The van der Waals surface area contributed by atoms with Gasteiger partial charge in [0.2, 0.25) is 11.8 Å². The van der Waals surface area contributed by atoms with Gasteiger partial charge in [0.1, 0.15) is 0 Å². The first-order valence-corrected chi connectivity index (χ1v) is 9.14. The molecule has 0 aliphatic carbocycles. The number of nitrogens with zero attached hydrogens (tertiary/aromatic N) is 1. The van der Waals surface area contributed by atoms with Crippen LogP contribution < -0.4 is 19.7 Å². The highest BCUT2D eigenvalue weighted by Gasteiger charge is 2.21. The standard InChI is InChI=1S/C22H24N2O4/c1-15-13-19(27-2)20(28-3)14-18(15)23-21(25)11-8-16-6-9-17(10-7-16)24-12-4-5-22(24)26/h6-11,13-14H,4-5,12H2,1-3H3,(H,23,25)/b11-8+. The molecular weight excluding hydrogens is 356 g/mol. The number of nitrogens with one attached hydrogen (secondary N) is 1. The number of hydrogen-bond donors (Lipinski definition) is 1. The van der Waals surface area contributed by atoms with E-state index < -0.39 is 0 Å². The highest BCUT2D eigenvalue weighted by molar-refractivity contribution is 6.02. The van der Waals surface area contributed by atoms with Gasteiger partial charge in [0, 0.05) is 36.5 Å². The minimum absolute atomic E-state index is 0.160. The van der Waals surface area contributed by atoms with Crippen molar-refractivity contribution in [2.45, 2.75) is 19.8 Å². The fourth-order valence-electron chi connectivity index (χ4n) is 3.15. The van der Waals surface area contributed by atoms with Crippen LogP contribution in [0, 0.1) is 6.92 Å². The van der Waals surface area contributed by atoms with Gasteiger partial charge in [-0.15, -0.1) is 0 Å². The Bertz CT molecular complexity index is 903. The number of carbonyl (C=O) groups is 2. The van der Waals surface area contributed by atoms with Crippen LogP contribution >= 0.6 is 0 Å². The molecule has 6 heteroatoms. The lowest BCUT2D eigenvalue weighted by Gasteiger charge is -2.15. The molecule has 1 fully saturated rings. The van der Waals surface area contributed by atoms with E-state index in [1.165, 1.54) is 6.08 Å². The van der Waals surface area contributed by atoms with Gasteiger partial charge < -0.3 is 19.7 Å². The quantitative estimate of drug-likeness (QED) is 0.774. The number of aryl methyl sites for hydroxylation is 1. The first-order valence-electron chi connectivity index (χ1n) is 9.14. The lowest BCUT2D eigenvalue weighted by Crippen LogP contribution is -2.23. The van der Waals surface area contributed by atoms with Crippen molar-refractivity contribution < 1.29 is 19.1 Å². The monoisotopic (exact) mass is 380 g/mol. The molecule has 2 aromatic rings. The van der Waals surface area contributed by atoms with Gasteiger partial charge in [-0.2, -0.15) is 0 Å². The number of hydrogen-bond acceptors (Lipinski definition) is 4. The van der Waals surface area contributed by atoms with Crippen molar-refractivity contribution in [1.82, 2.24) is 0 Å². The first-order chi connectivity index (χ1) is 13.5. The molecule has 0 radical (unpaired) electrons. The highest BCUT2D eigenvalue weighted by atomic mass is 16.5. The Labute approximate surface area is 164 Å². The van der Waals surface area contributed by atoms with Crippen molar-refractivity contribution in [3.8, 4) is 11.5 Å². The third kappa shape index (κ3) is 4.34. The van der Waals surface area contributed by atoms with E-state index >= 15 is 0 Å². The van der Waals surface area contributed by atoms with Crippen molar-refractivity contribution in [1.29, 1.82) is 0 Å². The van der Waals surface area contributed by atoms with Gasteiger partial charge in [0.05, 0.1) is 14.2 Å². The molecule has 1 aliphatic heterocycles. The fraction of sp³-hybridized carbons (Fsp3) is 0.273. The van der Waals surface area contributed by atoms with Crippen LogP contribution in [0.15, 0.2) is 42.5 Å². The Morgan fingerprint density at radius 3 is 2.39 bits per heavy atom. The summed E-state index contributed by atoms with van der Waals surface area (Å²) in [5.74, 6) is 1.09. The first kappa shape index (κ1) is 19.5. The van der Waals surface area contributed by atoms with E-state index in [9.17, 15) is 9.59 Å². The summed E-state index contributed by atoms with van der Waals surface area (Å²) < 4.78 is 10.5. The van der Waals surface area contributed by atoms with Crippen molar-refractivity contribution in [2.75, 3.05) is 31.0 Å². The van der Waals surface area contributed by atoms with Crippen LogP contribution in [0.3, 0.4) is 0 Å². The summed E-state index contributed by atoms with van der Waals surface area (Å²) in [4.78, 5) is 25.9. The minimum atomic E-state index is -0.242. The van der Waals surface area contributed by atoms with Crippen LogP contribution in [0.4, 0.5) is 11.4 Å². The SMILES string of the molecule is COc1cc(C)c(NC(=O)/C=C/c2ccc(N3CCCC3=O)cc2)cc1OC. The number of methoxy groups -OCH3 is 2. The second-order valence-corrected chi connectivity index (χ2v) is 6.59. The Kier molecular flexibility index (Phi) is 5.99. The molecule has 28 heavy (non-hydrogen) atoms. The molecule has 146 valence electrons. The predicted molar refractivity (Wildman–Crippen MR) is 110 cm³/mol. The number of carbonyl (C=O) groups excluding carboxylic acids is 2. The molecule has 0 aromatic heterocycles. The largest absolute Gasteiger partial charge is 0.493 e. The number of ether oxygens (including phenoxy) is 2. The van der Waals surface area contributed by atoms with E-state index in [4.69, 9.17) is 9.47 Å². The molecule has 1 heterocycles. The molecule has 1 saturated heterocycles. The molecule has 1 N–H and O–H groups in total. The summed E-state index contributed by atoms with van der Waals surface area (Å²) in [6.07, 6.45) is 4.72. The van der Waals surface area contributed by atoms with E-state index in [0.29, 0.717) is 23.6 Å². The van der Waals surface area contributed by atoms with Gasteiger partial charge >= 0.3 is 0 Å². The van der Waals surface area contributed by atoms with Crippen LogP contribution in [0.25, 0.3) is 6.08 Å². The average molecular weight is 380 g/mol. The van der Waals surface area contributed by atoms with Crippen LogP contribution in [0.1, 0.15) is 24.0 Å². The lowest BCUT2D eigenvalue weighted by atomic mass is 10.1. The van der Waals surface area contributed by atoms with Crippen LogP contribution in [0.5, 0.6) is 11.5 Å². The summed E-state index contributed by atoms with van der Waals surface area (Å²) in [5.41, 5.74) is 3.31. The second kappa shape index (κ2) is 8.61. The second-order valence-electron chi connectivity index (χ2n) is 6.59. The zero-order valence-corrected chi connectivity index (χ0v) is 16.3. The Hall–Kier alpha value is -3.28. The van der Waals surface area contributed by atoms with E-state index in [-0.39, 0.29) is 11.8 Å². The van der Waals surface area contributed by atoms with Crippen LogP contribution in [-0.2, 0) is 9.59 Å². The Balaban J connectivity index is 1.66. The fourth-order valence-corrected chi connectivity index (χ4v) is 3.15. The lowest BCUT2D eigenvalue weighted by molar-refractivity contribution is -0.117. The zero-order chi connectivity index (χ0) is 20.1. The van der Waals surface area contributed by atoms with Gasteiger partial charge in [0.25, 0.3) is 0 Å². The van der Waals surface area contributed by atoms with Gasteiger partial charge in [0.15, 0.2) is 11.5 Å². The van der Waals surface area contributed by atoms with Crippen molar-refractivity contribution in [3.05, 3.63) is 53.6 Å². The van der Waals surface area contributed by atoms with E-state index in [1.54, 1.807) is 31.3 Å². The summed E-state index contributed by atoms with van der Waals surface area (Å²) >= 11 is 0. The Morgan fingerprint density at radius 2 is 1.79 bits per heavy atom. The zero-order valence-electron chi connectivity index (χ0n) is 16.3. The Morgan fingerprint density at radius 1 is 1.11 bits per heavy atom. The van der Waals surface area contributed by atoms with Gasteiger partial charge in [-0.1, -0.05) is 12.1 Å². The third-order valence-corrected chi connectivity index (χ3v) is 4.69. The molecule has 0 spiro atoms. The maximum Gasteiger partial charge on any atom is 0.248 e. The number of benzene rings is 2. The predicted octanol–water partition coefficient (Wildman–Crippen LogP) is 3.79. The molecule has 0 unspecified atom stereocenters. The smallest absolute Gasteiger partial charge is 0.248 e. The molecule has 0 atom stereocenters. The number of rotatable bonds is 6. The van der Waals surface area contributed by atoms with Crippen molar-refractivity contribution >= 4 is 29.3 Å². The number of anilines is 2. The molecule has 2 aromatic carbocycles. The third-order valence-electron chi connectivity index (χ3n) is 4.69. The molecule has 3 rings (SSSR count). The summed E-state index contributed by atoms with van der Waals surface area (Å²) in [7, 11) is 3.13. The van der Waals surface area contributed by atoms with Crippen molar-refractivity contribution in [3.63, 3.8) is 0 Å². The topological polar surface area (TPSA) is 67.9 Å². The maximum atomic E-state index is 12.3. The van der Waals surface area contributed by atoms with Crippen LogP contribution in [-0.4, -0.2) is 32.6 Å². The van der Waals surface area contributed by atoms with Crippen LogP contribution in [0.2, 0.25) is 0 Å². The van der Waals surface area contributed by atoms with E-state index in [1.807, 2.05) is 37.3 Å². The van der Waals surface area contributed by atoms with E-state index in [2.05, 4.69) is 5.32 Å². The van der Waals surface area contributed by atoms with Crippen molar-refractivity contribution in [2.24, 2.45) is 0 Å². The van der Waals surface area contributed by atoms with Gasteiger partial charge in [-0.25, -0.2) is 0 Å². The summed E-state index contributed by atoms with van der Waals surface area (Å²) in [6.45, 7) is 2.65. The molecule has 0 saturated carbocycles. The summed E-state index contributed by atoms with van der Waals surface area (Å²) in [6, 6.07) is 11.1. The van der Waals surface area contributed by atoms with Gasteiger partial charge in [-0.05, 0) is 48.7 Å². The summed E-state index contributed by atoms with van der Waals surface area (Å²) in [5, 5.41) is 2.85. The minimum Gasteiger partial charge on any atom is -0.493 e. The molecule has 2 amide bonds. The van der Waals surface area contributed by atoms with Gasteiger partial charge in [-0.3, -0.25) is 9.59 Å². The average Bonchev–Trinajstić information content (AvgIpc) is 3.14. The van der Waals surface area contributed by atoms with E-state index in [0.717, 1.165) is 29.8 Å². The maximum absolute atomic E-state index is 12.3.